The molecule has 56 valence electrons. The van der Waals surface area contributed by atoms with E-state index < -0.39 is 0 Å². The maximum atomic E-state index is 5.22. The van der Waals surface area contributed by atoms with Gasteiger partial charge >= 0.3 is 0 Å². The lowest BCUT2D eigenvalue weighted by molar-refractivity contribution is -0.126. The Kier molecular flexibility index (Phi) is 1.34. The number of hydrogen-bond donors (Lipinski definition) is 0. The van der Waals surface area contributed by atoms with Gasteiger partial charge in [-0.25, -0.2) is 0 Å². The predicted octanol–water partition coefficient (Wildman–Crippen LogP) is 2.13. The van der Waals surface area contributed by atoms with E-state index in [1.807, 2.05) is 0 Å². The van der Waals surface area contributed by atoms with Crippen LogP contribution in [-0.4, -0.2) is 13.2 Å². The van der Waals surface area contributed by atoms with Crippen molar-refractivity contribution in [2.45, 2.75) is 25.7 Å². The van der Waals surface area contributed by atoms with Crippen LogP contribution in [0.2, 0.25) is 0 Å². The molecule has 1 nitrogen and oxygen atoms in total. The highest BCUT2D eigenvalue weighted by Crippen LogP contribution is 2.43. The van der Waals surface area contributed by atoms with Gasteiger partial charge in [0.2, 0.25) is 0 Å². The van der Waals surface area contributed by atoms with Gasteiger partial charge in [0.15, 0.2) is 0 Å². The summed E-state index contributed by atoms with van der Waals surface area (Å²) in [5, 5.41) is 0. The fourth-order valence-corrected chi connectivity index (χ4v) is 1.81. The van der Waals surface area contributed by atoms with E-state index in [0.29, 0.717) is 5.41 Å². The van der Waals surface area contributed by atoms with Crippen molar-refractivity contribution < 1.29 is 4.74 Å². The summed E-state index contributed by atoms with van der Waals surface area (Å²) in [6.45, 7) is 6.03. The van der Waals surface area contributed by atoms with Gasteiger partial charge in [0.05, 0.1) is 13.2 Å². The predicted molar refractivity (Wildman–Crippen MR) is 40.9 cm³/mol. The molecule has 1 saturated heterocycles. The normalized spacial score (nSPS) is 30.2. The summed E-state index contributed by atoms with van der Waals surface area (Å²) in [6, 6.07) is 0. The van der Waals surface area contributed by atoms with Gasteiger partial charge in [0, 0.05) is 5.41 Å². The molecular weight excluding hydrogens is 124 g/mol. The molecule has 0 atom stereocenters. The fourth-order valence-electron chi connectivity index (χ4n) is 1.81. The van der Waals surface area contributed by atoms with Crippen molar-refractivity contribution >= 4 is 0 Å². The molecule has 0 unspecified atom stereocenters. The van der Waals surface area contributed by atoms with Gasteiger partial charge in [-0.15, -0.1) is 0 Å². The topological polar surface area (TPSA) is 9.23 Å². The van der Waals surface area contributed by atoms with E-state index in [0.717, 1.165) is 13.2 Å². The largest absolute Gasteiger partial charge is 0.380 e. The first-order valence-electron chi connectivity index (χ1n) is 4.05. The van der Waals surface area contributed by atoms with Crippen molar-refractivity contribution in [3.8, 4) is 0 Å². The Labute approximate surface area is 62.1 Å². The first-order valence-corrected chi connectivity index (χ1v) is 4.05. The standard InChI is InChI=1S/C9H14O/c1-8-2-4-9(5-3-8)6-10-7-9/h1-7H2. The highest BCUT2D eigenvalue weighted by Gasteiger charge is 2.39. The monoisotopic (exact) mass is 138 g/mol. The summed E-state index contributed by atoms with van der Waals surface area (Å²) >= 11 is 0. The van der Waals surface area contributed by atoms with Crippen LogP contribution in [0.1, 0.15) is 25.7 Å². The Morgan fingerprint density at radius 2 is 1.80 bits per heavy atom. The molecule has 2 fully saturated rings. The minimum atomic E-state index is 0.598. The van der Waals surface area contributed by atoms with Crippen molar-refractivity contribution in [1.29, 1.82) is 0 Å². The Bertz CT molecular complexity index is 144. The second-order valence-corrected chi connectivity index (χ2v) is 3.74. The number of allylic oxidation sites excluding steroid dienone is 1. The van der Waals surface area contributed by atoms with Crippen molar-refractivity contribution in [3.63, 3.8) is 0 Å². The average molecular weight is 138 g/mol. The maximum absolute atomic E-state index is 5.22. The van der Waals surface area contributed by atoms with Crippen LogP contribution in [-0.2, 0) is 4.74 Å². The molecule has 1 aliphatic heterocycles. The molecular formula is C9H14O. The fraction of sp³-hybridized carbons (Fsp3) is 0.778. The van der Waals surface area contributed by atoms with Gasteiger partial charge in [0.1, 0.15) is 0 Å². The quantitative estimate of drug-likeness (QED) is 0.466. The second-order valence-electron chi connectivity index (χ2n) is 3.74. The van der Waals surface area contributed by atoms with Crippen molar-refractivity contribution in [3.05, 3.63) is 12.2 Å². The molecule has 2 rings (SSSR count). The third-order valence-electron chi connectivity index (χ3n) is 2.83. The van der Waals surface area contributed by atoms with Gasteiger partial charge in [-0.1, -0.05) is 12.2 Å². The average Bonchev–Trinajstić information content (AvgIpc) is 1.86. The van der Waals surface area contributed by atoms with Gasteiger partial charge in [-0.3, -0.25) is 0 Å². The minimum Gasteiger partial charge on any atom is -0.380 e. The molecule has 1 aliphatic carbocycles. The lowest BCUT2D eigenvalue weighted by Gasteiger charge is -2.44. The summed E-state index contributed by atoms with van der Waals surface area (Å²) in [5.74, 6) is 0. The number of ether oxygens (including phenoxy) is 1. The minimum absolute atomic E-state index is 0.598. The van der Waals surface area contributed by atoms with Gasteiger partial charge < -0.3 is 4.74 Å². The Hall–Kier alpha value is -0.300. The summed E-state index contributed by atoms with van der Waals surface area (Å²) < 4.78 is 5.22. The van der Waals surface area contributed by atoms with E-state index in [4.69, 9.17) is 4.74 Å². The van der Waals surface area contributed by atoms with Crippen LogP contribution < -0.4 is 0 Å². The molecule has 0 amide bonds. The van der Waals surface area contributed by atoms with Crippen LogP contribution in [0.25, 0.3) is 0 Å². The molecule has 0 aromatic carbocycles. The highest BCUT2D eigenvalue weighted by atomic mass is 16.5. The third-order valence-corrected chi connectivity index (χ3v) is 2.83. The molecule has 0 aromatic rings. The molecule has 1 heterocycles. The zero-order valence-corrected chi connectivity index (χ0v) is 6.36. The number of rotatable bonds is 0. The first kappa shape index (κ1) is 6.41. The van der Waals surface area contributed by atoms with Crippen molar-refractivity contribution in [1.82, 2.24) is 0 Å². The molecule has 2 aliphatic rings. The lowest BCUT2D eigenvalue weighted by atomic mass is 9.71. The smallest absolute Gasteiger partial charge is 0.0545 e. The van der Waals surface area contributed by atoms with Crippen molar-refractivity contribution in [2.75, 3.05) is 13.2 Å². The van der Waals surface area contributed by atoms with E-state index in [9.17, 15) is 0 Å². The molecule has 0 radical (unpaired) electrons. The third kappa shape index (κ3) is 0.891. The lowest BCUT2D eigenvalue weighted by Crippen LogP contribution is -2.44. The van der Waals surface area contributed by atoms with Gasteiger partial charge in [-0.2, -0.15) is 0 Å². The molecule has 10 heavy (non-hydrogen) atoms. The van der Waals surface area contributed by atoms with Crippen LogP contribution in [0.5, 0.6) is 0 Å². The molecule has 1 spiro atoms. The SMILES string of the molecule is C=C1CCC2(CC1)COC2. The Balaban J connectivity index is 1.96. The first-order chi connectivity index (χ1) is 4.81. The van der Waals surface area contributed by atoms with Gasteiger partial charge in [-0.05, 0) is 25.7 Å². The second kappa shape index (κ2) is 2.09. The van der Waals surface area contributed by atoms with E-state index in [1.165, 1.54) is 31.3 Å². The molecule has 1 heteroatoms. The summed E-state index contributed by atoms with van der Waals surface area (Å²) in [7, 11) is 0. The highest BCUT2D eigenvalue weighted by molar-refractivity contribution is 5.04. The zero-order valence-electron chi connectivity index (χ0n) is 6.36. The molecule has 0 N–H and O–H groups in total. The van der Waals surface area contributed by atoms with E-state index in [-0.39, 0.29) is 0 Å². The molecule has 1 saturated carbocycles. The summed E-state index contributed by atoms with van der Waals surface area (Å²) in [4.78, 5) is 0. The Morgan fingerprint density at radius 3 is 2.20 bits per heavy atom. The van der Waals surface area contributed by atoms with E-state index in [1.54, 1.807) is 0 Å². The van der Waals surface area contributed by atoms with Crippen molar-refractivity contribution in [2.24, 2.45) is 5.41 Å². The van der Waals surface area contributed by atoms with Crippen LogP contribution in [0.4, 0.5) is 0 Å². The van der Waals surface area contributed by atoms with Crippen LogP contribution in [0, 0.1) is 5.41 Å². The van der Waals surface area contributed by atoms with E-state index >= 15 is 0 Å². The maximum Gasteiger partial charge on any atom is 0.0545 e. The van der Waals surface area contributed by atoms with Gasteiger partial charge in [0.25, 0.3) is 0 Å². The zero-order chi connectivity index (χ0) is 7.03. The Morgan fingerprint density at radius 1 is 1.20 bits per heavy atom. The molecule has 0 aromatic heterocycles. The summed E-state index contributed by atoms with van der Waals surface area (Å²) in [5.41, 5.74) is 2.04. The van der Waals surface area contributed by atoms with Crippen LogP contribution >= 0.6 is 0 Å². The van der Waals surface area contributed by atoms with Crippen LogP contribution in [0.3, 0.4) is 0 Å². The summed E-state index contributed by atoms with van der Waals surface area (Å²) in [6.07, 6.45) is 5.13. The van der Waals surface area contributed by atoms with Crippen LogP contribution in [0.15, 0.2) is 12.2 Å². The molecule has 0 bridgehead atoms. The van der Waals surface area contributed by atoms with E-state index in [2.05, 4.69) is 6.58 Å². The number of hydrogen-bond acceptors (Lipinski definition) is 1.